The fourth-order valence-corrected chi connectivity index (χ4v) is 8.72. The summed E-state index contributed by atoms with van der Waals surface area (Å²) in [7, 11) is 0. The lowest BCUT2D eigenvalue weighted by Crippen LogP contribution is -2.75. The summed E-state index contributed by atoms with van der Waals surface area (Å²) in [6, 6.07) is 0.605. The van der Waals surface area contributed by atoms with Crippen LogP contribution in [-0.4, -0.2) is 16.9 Å². The molecule has 6 aromatic rings. The van der Waals surface area contributed by atoms with Gasteiger partial charge in [-0.3, -0.25) is 4.79 Å². The average molecular weight is 1140 g/mol. The van der Waals surface area contributed by atoms with Crippen LogP contribution in [0.3, 0.4) is 0 Å². The molecule has 0 aliphatic heterocycles. The molecule has 0 unspecified atom stereocenters. The van der Waals surface area contributed by atoms with Gasteiger partial charge in [0.2, 0.25) is 12.3 Å². The first-order valence-corrected chi connectivity index (χ1v) is 22.1. The zero-order valence-electron chi connectivity index (χ0n) is 38.6. The number of carbonyl (C=O) groups excluding carboxylic acids is 1. The van der Waals surface area contributed by atoms with Gasteiger partial charge in [-0.15, -0.1) is 0 Å². The molecule has 1 aliphatic carbocycles. The van der Waals surface area contributed by atoms with E-state index >= 15 is 0 Å². The number of hydrogen-bond acceptors (Lipinski definition) is 2. The number of benzene rings is 5. The van der Waals surface area contributed by atoms with E-state index in [0.717, 1.165) is 24.1 Å². The molecular weight excluding hydrogens is 1110 g/mol. The molecule has 3 nitrogen and oxygen atoms in total. The van der Waals surface area contributed by atoms with E-state index in [9.17, 15) is 110 Å². The summed E-state index contributed by atoms with van der Waals surface area (Å²) in [4.78, 5) is 16.7. The van der Waals surface area contributed by atoms with E-state index in [-0.39, 0.29) is 5.78 Å². The Morgan fingerprint density at radius 2 is 0.744 bits per heavy atom. The van der Waals surface area contributed by atoms with Crippen LogP contribution >= 0.6 is 0 Å². The van der Waals surface area contributed by atoms with Gasteiger partial charge in [-0.1, -0.05) is 84.9 Å². The van der Waals surface area contributed by atoms with Crippen molar-refractivity contribution in [1.82, 2.24) is 4.98 Å². The molecule has 28 heteroatoms. The SMILES string of the molecule is FC(F)(F)c1cc([B-](c2cc(C(F)(F)F)cc(C(F)(F)F)c2)(c2cc(C(F)(F)F)cc(C(F)(F)F)c2)c2cc(C(F)(F)F)cc(C(F)(F)F)c2)cc(C(F)(F)F)c1.O=C(C[n+]1ccnc(C2=CCCCC2)c1)c1ccccc1. The van der Waals surface area contributed by atoms with Gasteiger partial charge < -0.3 is 0 Å². The molecule has 0 radical (unpaired) electrons. The number of carbonyl (C=O) groups is 1. The molecule has 0 amide bonds. The maximum absolute atomic E-state index is 14.2. The first-order chi connectivity index (χ1) is 35.6. The van der Waals surface area contributed by atoms with Gasteiger partial charge in [0.15, 0.2) is 12.4 Å². The molecular formula is C50H31BF24N2O. The van der Waals surface area contributed by atoms with Crippen molar-refractivity contribution in [2.75, 3.05) is 0 Å². The van der Waals surface area contributed by atoms with Gasteiger partial charge in [0.1, 0.15) is 11.8 Å². The van der Waals surface area contributed by atoms with Crippen molar-refractivity contribution in [3.8, 4) is 0 Å². The van der Waals surface area contributed by atoms with Crippen molar-refractivity contribution in [3.05, 3.63) is 184 Å². The first-order valence-electron chi connectivity index (χ1n) is 22.1. The van der Waals surface area contributed by atoms with Crippen molar-refractivity contribution in [2.45, 2.75) is 81.6 Å². The van der Waals surface area contributed by atoms with Gasteiger partial charge in [0.25, 0.3) is 0 Å². The molecule has 0 spiro atoms. The van der Waals surface area contributed by atoms with Gasteiger partial charge >= 0.3 is 49.4 Å². The number of nitrogens with zero attached hydrogens (tertiary/aromatic N) is 2. The zero-order chi connectivity index (χ0) is 58.4. The summed E-state index contributed by atoms with van der Waals surface area (Å²) in [6.45, 7) is 0.354. The topological polar surface area (TPSA) is 33.8 Å². The van der Waals surface area contributed by atoms with Crippen LogP contribution in [0.4, 0.5) is 105 Å². The van der Waals surface area contributed by atoms with Gasteiger partial charge in [0.05, 0.1) is 50.7 Å². The quantitative estimate of drug-likeness (QED) is 0.0659. The van der Waals surface area contributed by atoms with E-state index in [0.29, 0.717) is 6.54 Å². The maximum atomic E-state index is 14.2. The number of halogens is 24. The predicted molar refractivity (Wildman–Crippen MR) is 232 cm³/mol. The van der Waals surface area contributed by atoms with Crippen LogP contribution in [0.5, 0.6) is 0 Å². The minimum absolute atomic E-state index is 0.121. The molecule has 1 aliphatic rings. The molecule has 0 fully saturated rings. The largest absolute Gasteiger partial charge is 0.416 e. The Morgan fingerprint density at radius 1 is 0.436 bits per heavy atom. The standard InChI is InChI=1S/C32H12BF24.C18H19N2O/c34-25(35,36)13-1-14(26(37,38)39)6-21(5-13)33(22-7-15(27(40,41)42)2-16(8-22)28(43,44)45,23-9-17(29(46,47)48)3-18(10-23)30(49,50)51)24-11-19(31(52,53)54)4-20(12-24)32(55,56)57;21-18(16-9-5-2-6-10-16)14-20-12-11-19-17(13-20)15-7-3-1-4-8-15/h1-12H;2,5-7,9-13H,1,3-4,8,14H2/q-1;+1. The lowest BCUT2D eigenvalue weighted by atomic mass is 9.12. The molecule has 1 heterocycles. The summed E-state index contributed by atoms with van der Waals surface area (Å²) in [5.41, 5.74) is -27.1. The summed E-state index contributed by atoms with van der Waals surface area (Å²) in [5, 5.41) is 0. The van der Waals surface area contributed by atoms with E-state index < -0.39 is 195 Å². The Hall–Kier alpha value is -7.03. The van der Waals surface area contributed by atoms with Crippen LogP contribution in [0.1, 0.15) is 86.2 Å². The highest BCUT2D eigenvalue weighted by atomic mass is 19.4. The van der Waals surface area contributed by atoms with Crippen molar-refractivity contribution in [3.63, 3.8) is 0 Å². The molecule has 78 heavy (non-hydrogen) atoms. The van der Waals surface area contributed by atoms with Crippen molar-refractivity contribution < 1.29 is 115 Å². The molecule has 0 saturated heterocycles. The highest BCUT2D eigenvalue weighted by molar-refractivity contribution is 7.20. The number of Topliss-reactive ketones (excluding diaryl/α,β-unsaturated/α-hetero) is 1. The van der Waals surface area contributed by atoms with Crippen LogP contribution in [0, 0.1) is 0 Å². The van der Waals surface area contributed by atoms with Crippen molar-refractivity contribution >= 4 is 39.4 Å². The van der Waals surface area contributed by atoms with E-state index in [1.807, 2.05) is 47.3 Å². The number of alkyl halides is 24. The number of aromatic nitrogens is 2. The van der Waals surface area contributed by atoms with Gasteiger partial charge in [-0.05, 0) is 55.5 Å². The molecule has 0 bridgehead atoms. The van der Waals surface area contributed by atoms with E-state index in [2.05, 4.69) is 11.1 Å². The zero-order valence-corrected chi connectivity index (χ0v) is 38.6. The van der Waals surface area contributed by atoms with Gasteiger partial charge in [0, 0.05) is 5.56 Å². The second-order valence-electron chi connectivity index (χ2n) is 17.6. The summed E-state index contributed by atoms with van der Waals surface area (Å²) < 4.78 is 343. The van der Waals surface area contributed by atoms with E-state index in [4.69, 9.17) is 0 Å². The summed E-state index contributed by atoms with van der Waals surface area (Å²) in [5.74, 6) is 0.121. The first kappa shape index (κ1) is 60.2. The highest BCUT2D eigenvalue weighted by Gasteiger charge is 2.47. The highest BCUT2D eigenvalue weighted by Crippen LogP contribution is 2.41. The number of allylic oxidation sites excluding steroid dienone is 2. The minimum Gasteiger partial charge on any atom is -0.287 e. The molecule has 0 saturated carbocycles. The molecule has 418 valence electrons. The van der Waals surface area contributed by atoms with Crippen LogP contribution in [0.25, 0.3) is 5.57 Å². The maximum Gasteiger partial charge on any atom is 0.416 e. The fraction of sp³-hybridized carbons (Fsp3) is 0.260. The number of rotatable bonds is 8. The normalized spacial score (nSPS) is 14.4. The Bertz CT molecular complexity index is 2740. The lowest BCUT2D eigenvalue weighted by Gasteiger charge is -2.46. The Labute approximate surface area is 423 Å². The number of ketones is 1. The van der Waals surface area contributed by atoms with Crippen LogP contribution < -0.4 is 26.4 Å². The molecule has 5 aromatic carbocycles. The summed E-state index contributed by atoms with van der Waals surface area (Å²) in [6.07, 6.45) is -42.2. The second-order valence-corrected chi connectivity index (χ2v) is 17.6. The minimum atomic E-state index is -6.13. The third-order valence-electron chi connectivity index (χ3n) is 12.2. The molecule has 1 aromatic heterocycles. The Morgan fingerprint density at radius 3 is 1.01 bits per heavy atom. The van der Waals surface area contributed by atoms with Crippen molar-refractivity contribution in [1.29, 1.82) is 0 Å². The molecule has 0 atom stereocenters. The van der Waals surface area contributed by atoms with Crippen LogP contribution in [-0.2, 0) is 56.0 Å². The predicted octanol–water partition coefficient (Wildman–Crippen LogP) is 14.4. The Kier molecular flexibility index (Phi) is 16.5. The second kappa shape index (κ2) is 21.3. The number of hydrogen-bond donors (Lipinski definition) is 0. The third kappa shape index (κ3) is 14.0. The average Bonchev–Trinajstić information content (AvgIpc) is 3.37. The Balaban J connectivity index is 0.000000387. The van der Waals surface area contributed by atoms with Crippen molar-refractivity contribution in [2.24, 2.45) is 0 Å². The van der Waals surface area contributed by atoms with E-state index in [1.165, 1.54) is 18.4 Å². The summed E-state index contributed by atoms with van der Waals surface area (Å²) >= 11 is 0. The van der Waals surface area contributed by atoms with E-state index in [1.54, 1.807) is 6.20 Å². The van der Waals surface area contributed by atoms with Crippen LogP contribution in [0.2, 0.25) is 0 Å². The van der Waals surface area contributed by atoms with Crippen LogP contribution in [0.15, 0.2) is 128 Å². The lowest BCUT2D eigenvalue weighted by molar-refractivity contribution is -0.683. The van der Waals surface area contributed by atoms with Gasteiger partial charge in [-0.2, -0.15) is 132 Å². The fourth-order valence-electron chi connectivity index (χ4n) is 8.72. The molecule has 7 rings (SSSR count). The molecule has 0 N–H and O–H groups in total. The monoisotopic (exact) mass is 1140 g/mol. The third-order valence-corrected chi connectivity index (χ3v) is 12.2. The van der Waals surface area contributed by atoms with Gasteiger partial charge in [-0.25, -0.2) is 4.98 Å². The smallest absolute Gasteiger partial charge is 0.287 e.